The fourth-order valence-electron chi connectivity index (χ4n) is 2.24. The van der Waals surface area contributed by atoms with Gasteiger partial charge in [0.1, 0.15) is 0 Å². The van der Waals surface area contributed by atoms with E-state index < -0.39 is 6.10 Å². The van der Waals surface area contributed by atoms with E-state index in [1.165, 1.54) is 0 Å². The molecule has 1 aromatic rings. The summed E-state index contributed by atoms with van der Waals surface area (Å²) in [5, 5.41) is 15.7. The SMILES string of the molecule is CC(C)Nc1nc(NC(=O)C(C)C)nc(C2=CC(O)CCC2)n1. The first-order chi connectivity index (χ1) is 10.8. The van der Waals surface area contributed by atoms with Crippen molar-refractivity contribution in [1.82, 2.24) is 15.0 Å². The van der Waals surface area contributed by atoms with Gasteiger partial charge in [-0.05, 0) is 44.8 Å². The first-order valence-corrected chi connectivity index (χ1v) is 8.07. The Kier molecular flexibility index (Phi) is 5.65. The summed E-state index contributed by atoms with van der Waals surface area (Å²) in [5.74, 6) is 0.853. The predicted octanol–water partition coefficient (Wildman–Crippen LogP) is 2.21. The van der Waals surface area contributed by atoms with E-state index in [1.807, 2.05) is 27.7 Å². The van der Waals surface area contributed by atoms with Gasteiger partial charge in [0, 0.05) is 12.0 Å². The molecule has 23 heavy (non-hydrogen) atoms. The Morgan fingerprint density at radius 2 is 1.91 bits per heavy atom. The lowest BCUT2D eigenvalue weighted by molar-refractivity contribution is -0.118. The van der Waals surface area contributed by atoms with Crippen molar-refractivity contribution in [2.75, 3.05) is 10.6 Å². The zero-order chi connectivity index (χ0) is 17.0. The Balaban J connectivity index is 2.34. The summed E-state index contributed by atoms with van der Waals surface area (Å²) in [6.07, 6.45) is 3.76. The number of nitrogens with zero attached hydrogens (tertiary/aromatic N) is 3. The third-order valence-corrected chi connectivity index (χ3v) is 3.44. The molecule has 0 fully saturated rings. The summed E-state index contributed by atoms with van der Waals surface area (Å²) in [4.78, 5) is 24.9. The molecule has 1 aliphatic rings. The van der Waals surface area contributed by atoms with Crippen molar-refractivity contribution in [3.05, 3.63) is 11.9 Å². The number of aliphatic hydroxyl groups excluding tert-OH is 1. The fourth-order valence-corrected chi connectivity index (χ4v) is 2.24. The molecule has 0 radical (unpaired) electrons. The number of nitrogens with one attached hydrogen (secondary N) is 2. The lowest BCUT2D eigenvalue weighted by Crippen LogP contribution is -2.22. The van der Waals surface area contributed by atoms with E-state index in [9.17, 15) is 9.90 Å². The second-order valence-electron chi connectivity index (χ2n) is 6.40. The molecule has 0 bridgehead atoms. The number of hydrogen-bond donors (Lipinski definition) is 3. The number of rotatable bonds is 5. The average molecular weight is 319 g/mol. The van der Waals surface area contributed by atoms with E-state index >= 15 is 0 Å². The molecule has 0 aromatic carbocycles. The van der Waals surface area contributed by atoms with Gasteiger partial charge >= 0.3 is 0 Å². The highest BCUT2D eigenvalue weighted by molar-refractivity contribution is 5.90. The topological polar surface area (TPSA) is 100 Å². The van der Waals surface area contributed by atoms with E-state index in [2.05, 4.69) is 25.6 Å². The molecule has 1 heterocycles. The molecule has 1 aliphatic carbocycles. The largest absolute Gasteiger partial charge is 0.389 e. The molecule has 3 N–H and O–H groups in total. The third-order valence-electron chi connectivity index (χ3n) is 3.44. The Morgan fingerprint density at radius 1 is 1.22 bits per heavy atom. The van der Waals surface area contributed by atoms with Crippen molar-refractivity contribution in [3.63, 3.8) is 0 Å². The predicted molar refractivity (Wildman–Crippen MR) is 89.9 cm³/mol. The van der Waals surface area contributed by atoms with Crippen LogP contribution in [0.2, 0.25) is 0 Å². The van der Waals surface area contributed by atoms with Crippen molar-refractivity contribution in [1.29, 1.82) is 0 Å². The molecule has 126 valence electrons. The minimum atomic E-state index is -0.467. The van der Waals surface area contributed by atoms with Crippen molar-refractivity contribution in [2.45, 2.75) is 59.1 Å². The van der Waals surface area contributed by atoms with E-state index in [1.54, 1.807) is 6.08 Å². The highest BCUT2D eigenvalue weighted by atomic mass is 16.3. The number of aromatic nitrogens is 3. The van der Waals surface area contributed by atoms with E-state index in [4.69, 9.17) is 0 Å². The number of hydrogen-bond acceptors (Lipinski definition) is 6. The van der Waals surface area contributed by atoms with E-state index in [0.717, 1.165) is 24.8 Å². The van der Waals surface area contributed by atoms with Gasteiger partial charge in [-0.3, -0.25) is 10.1 Å². The van der Waals surface area contributed by atoms with Crippen LogP contribution in [0, 0.1) is 5.92 Å². The maximum Gasteiger partial charge on any atom is 0.234 e. The quantitative estimate of drug-likeness (QED) is 0.769. The molecular weight excluding hydrogens is 294 g/mol. The van der Waals surface area contributed by atoms with Crippen LogP contribution < -0.4 is 10.6 Å². The second-order valence-corrected chi connectivity index (χ2v) is 6.40. The van der Waals surface area contributed by atoms with Crippen LogP contribution in [0.4, 0.5) is 11.9 Å². The molecule has 0 aliphatic heterocycles. The average Bonchev–Trinajstić information content (AvgIpc) is 2.46. The van der Waals surface area contributed by atoms with Gasteiger partial charge in [0.2, 0.25) is 17.8 Å². The van der Waals surface area contributed by atoms with Gasteiger partial charge in [0.05, 0.1) is 6.10 Å². The van der Waals surface area contributed by atoms with E-state index in [0.29, 0.717) is 11.8 Å². The molecular formula is C16H25N5O2. The van der Waals surface area contributed by atoms with Crippen LogP contribution in [0.15, 0.2) is 6.08 Å². The number of carbonyl (C=O) groups is 1. The molecule has 0 saturated heterocycles. The summed E-state index contributed by atoms with van der Waals surface area (Å²) in [6, 6.07) is 0.157. The lowest BCUT2D eigenvalue weighted by atomic mass is 9.97. The molecule has 1 atom stereocenters. The molecule has 7 heteroatoms. The highest BCUT2D eigenvalue weighted by Crippen LogP contribution is 2.26. The Labute approximate surface area is 136 Å². The summed E-state index contributed by atoms with van der Waals surface area (Å²) in [6.45, 7) is 7.59. The Hall–Kier alpha value is -2.02. The van der Waals surface area contributed by atoms with Crippen LogP contribution in [0.5, 0.6) is 0 Å². The number of anilines is 2. The maximum absolute atomic E-state index is 11.9. The molecule has 1 unspecified atom stereocenters. The smallest absolute Gasteiger partial charge is 0.234 e. The third kappa shape index (κ3) is 4.99. The normalized spacial score (nSPS) is 18.0. The molecule has 0 spiro atoms. The van der Waals surface area contributed by atoms with Gasteiger partial charge in [-0.15, -0.1) is 0 Å². The van der Waals surface area contributed by atoms with Gasteiger partial charge in [-0.25, -0.2) is 0 Å². The number of aliphatic hydroxyl groups is 1. The second kappa shape index (κ2) is 7.50. The lowest BCUT2D eigenvalue weighted by Gasteiger charge is -2.17. The number of carbonyl (C=O) groups excluding carboxylic acids is 1. The van der Waals surface area contributed by atoms with Crippen LogP contribution >= 0.6 is 0 Å². The maximum atomic E-state index is 11.9. The van der Waals surface area contributed by atoms with Crippen LogP contribution in [0.1, 0.15) is 52.8 Å². The first-order valence-electron chi connectivity index (χ1n) is 8.07. The van der Waals surface area contributed by atoms with Crippen molar-refractivity contribution in [2.24, 2.45) is 5.92 Å². The Morgan fingerprint density at radius 3 is 2.52 bits per heavy atom. The fraction of sp³-hybridized carbons (Fsp3) is 0.625. The molecule has 1 aromatic heterocycles. The summed E-state index contributed by atoms with van der Waals surface area (Å²) in [7, 11) is 0. The van der Waals surface area contributed by atoms with Crippen molar-refractivity contribution in [3.8, 4) is 0 Å². The van der Waals surface area contributed by atoms with Gasteiger partial charge in [0.15, 0.2) is 5.82 Å². The summed E-state index contributed by atoms with van der Waals surface area (Å²) in [5.41, 5.74) is 0.887. The van der Waals surface area contributed by atoms with Crippen LogP contribution in [-0.4, -0.2) is 38.1 Å². The number of allylic oxidation sites excluding steroid dienone is 1. The molecule has 1 amide bonds. The molecule has 7 nitrogen and oxygen atoms in total. The zero-order valence-corrected chi connectivity index (χ0v) is 14.1. The summed E-state index contributed by atoms with van der Waals surface area (Å²) >= 11 is 0. The van der Waals surface area contributed by atoms with Gasteiger partial charge < -0.3 is 10.4 Å². The minimum absolute atomic E-state index is 0.143. The number of amides is 1. The van der Waals surface area contributed by atoms with Crippen LogP contribution in [0.25, 0.3) is 5.57 Å². The first kappa shape index (κ1) is 17.3. The van der Waals surface area contributed by atoms with Crippen LogP contribution in [-0.2, 0) is 4.79 Å². The van der Waals surface area contributed by atoms with Gasteiger partial charge in [-0.2, -0.15) is 15.0 Å². The summed E-state index contributed by atoms with van der Waals surface area (Å²) < 4.78 is 0. The monoisotopic (exact) mass is 319 g/mol. The molecule has 0 saturated carbocycles. The Bertz CT molecular complexity index is 598. The van der Waals surface area contributed by atoms with Gasteiger partial charge in [-0.1, -0.05) is 13.8 Å². The van der Waals surface area contributed by atoms with E-state index in [-0.39, 0.29) is 23.8 Å². The zero-order valence-electron chi connectivity index (χ0n) is 14.1. The molecule has 2 rings (SSSR count). The highest BCUT2D eigenvalue weighted by Gasteiger charge is 2.18. The van der Waals surface area contributed by atoms with Crippen molar-refractivity contribution >= 4 is 23.4 Å². The van der Waals surface area contributed by atoms with Crippen LogP contribution in [0.3, 0.4) is 0 Å². The van der Waals surface area contributed by atoms with Crippen molar-refractivity contribution < 1.29 is 9.90 Å². The van der Waals surface area contributed by atoms with Gasteiger partial charge in [0.25, 0.3) is 0 Å². The standard InChI is InChI=1S/C16H25N5O2/c1-9(2)14(23)20-16-19-13(11-6-5-7-12(22)8-11)18-15(21-16)17-10(3)4/h8-10,12,22H,5-7H2,1-4H3,(H2,17,18,19,20,21,23). The minimum Gasteiger partial charge on any atom is -0.389 e.